The molecule has 1 atom stereocenters. The minimum atomic E-state index is -4.48. The summed E-state index contributed by atoms with van der Waals surface area (Å²) in [4.78, 5) is 2.32. The smallest absolute Gasteiger partial charge is 0.428 e. The summed E-state index contributed by atoms with van der Waals surface area (Å²) in [5.41, 5.74) is 0.834. The molecular weight excluding hydrogens is 336 g/mol. The summed E-state index contributed by atoms with van der Waals surface area (Å²) in [5.74, 6) is -0.224. The fraction of sp³-hybridized carbons (Fsp3) is 0.667. The van der Waals surface area contributed by atoms with Crippen LogP contribution in [0.1, 0.15) is 44.2 Å². The predicted molar refractivity (Wildman–Crippen MR) is 89.3 cm³/mol. The van der Waals surface area contributed by atoms with Crippen molar-refractivity contribution in [3.8, 4) is 5.75 Å². The fourth-order valence-electron chi connectivity index (χ4n) is 3.13. The number of ether oxygens (including phenoxy) is 1. The molecule has 0 bridgehead atoms. The minimum Gasteiger partial charge on any atom is -0.428 e. The van der Waals surface area contributed by atoms with Gasteiger partial charge in [-0.2, -0.15) is 17.6 Å². The molecule has 1 aromatic rings. The van der Waals surface area contributed by atoms with Gasteiger partial charge in [0.15, 0.2) is 0 Å². The van der Waals surface area contributed by atoms with Crippen LogP contribution in [-0.4, -0.2) is 43.6 Å². The van der Waals surface area contributed by atoms with Crippen LogP contribution in [0.15, 0.2) is 24.3 Å². The van der Waals surface area contributed by atoms with Crippen LogP contribution < -0.4 is 10.1 Å². The highest BCUT2D eigenvalue weighted by Crippen LogP contribution is 2.32. The van der Waals surface area contributed by atoms with Gasteiger partial charge in [-0.05, 0) is 24.1 Å². The monoisotopic (exact) mass is 362 g/mol. The first-order valence-electron chi connectivity index (χ1n) is 8.83. The van der Waals surface area contributed by atoms with E-state index >= 15 is 0 Å². The largest absolute Gasteiger partial charge is 0.461 e. The number of halogens is 4. The van der Waals surface area contributed by atoms with Crippen LogP contribution in [0.4, 0.5) is 17.6 Å². The number of hydrogen-bond acceptors (Lipinski definition) is 3. The summed E-state index contributed by atoms with van der Waals surface area (Å²) < 4.78 is 55.3. The van der Waals surface area contributed by atoms with Crippen molar-refractivity contribution < 1.29 is 22.3 Å². The Bertz CT molecular complexity index is 522. The highest BCUT2D eigenvalue weighted by molar-refractivity contribution is 5.31. The van der Waals surface area contributed by atoms with Gasteiger partial charge in [0.2, 0.25) is 0 Å². The maximum Gasteiger partial charge on any atom is 0.461 e. The molecule has 2 rings (SSSR count). The molecule has 25 heavy (non-hydrogen) atoms. The number of nitrogens with zero attached hydrogens (tertiary/aromatic N) is 1. The average molecular weight is 362 g/mol. The predicted octanol–water partition coefficient (Wildman–Crippen LogP) is 4.45. The van der Waals surface area contributed by atoms with Gasteiger partial charge < -0.3 is 10.1 Å². The maximum absolute atomic E-state index is 13.2. The first-order valence-corrected chi connectivity index (χ1v) is 8.83. The van der Waals surface area contributed by atoms with Gasteiger partial charge in [0.05, 0.1) is 0 Å². The summed E-state index contributed by atoms with van der Waals surface area (Å²) in [6, 6.07) is 6.28. The Kier molecular flexibility index (Phi) is 7.50. The highest BCUT2D eigenvalue weighted by Gasteiger charge is 2.44. The molecule has 0 aliphatic carbocycles. The second-order valence-electron chi connectivity index (χ2n) is 6.33. The van der Waals surface area contributed by atoms with E-state index in [9.17, 15) is 17.6 Å². The van der Waals surface area contributed by atoms with Crippen molar-refractivity contribution in [3.05, 3.63) is 29.8 Å². The first kappa shape index (κ1) is 20.0. The minimum absolute atomic E-state index is 0.0809. The Morgan fingerprint density at radius 2 is 1.92 bits per heavy atom. The molecule has 0 amide bonds. The zero-order chi connectivity index (χ0) is 18.3. The van der Waals surface area contributed by atoms with Crippen molar-refractivity contribution in [2.45, 2.75) is 51.2 Å². The zero-order valence-electron chi connectivity index (χ0n) is 14.5. The number of piperazine rings is 1. The van der Waals surface area contributed by atoms with Crippen LogP contribution in [0.2, 0.25) is 0 Å². The van der Waals surface area contributed by atoms with E-state index in [0.29, 0.717) is 0 Å². The summed E-state index contributed by atoms with van der Waals surface area (Å²) in [7, 11) is 0. The lowest BCUT2D eigenvalue weighted by molar-refractivity contribution is -0.253. The van der Waals surface area contributed by atoms with Crippen LogP contribution in [0.25, 0.3) is 0 Å². The summed E-state index contributed by atoms with van der Waals surface area (Å²) in [6.07, 6.45) is -4.21. The van der Waals surface area contributed by atoms with E-state index in [-0.39, 0.29) is 11.8 Å². The number of nitrogens with one attached hydrogen (secondary N) is 1. The van der Waals surface area contributed by atoms with Crippen molar-refractivity contribution in [2.24, 2.45) is 0 Å². The molecule has 0 spiro atoms. The van der Waals surface area contributed by atoms with Crippen LogP contribution in [0, 0.1) is 0 Å². The molecule has 1 aliphatic heterocycles. The number of hydrogen-bond donors (Lipinski definition) is 1. The van der Waals surface area contributed by atoms with Gasteiger partial charge in [0, 0.05) is 32.2 Å². The second kappa shape index (κ2) is 9.38. The van der Waals surface area contributed by atoms with Gasteiger partial charge in [0.25, 0.3) is 0 Å². The molecule has 1 fully saturated rings. The van der Waals surface area contributed by atoms with Gasteiger partial charge in [-0.3, -0.25) is 4.90 Å². The summed E-state index contributed by atoms with van der Waals surface area (Å²) in [6.45, 7) is 5.62. The molecular formula is C18H26F4N2O. The molecule has 1 N–H and O–H groups in total. The molecule has 0 radical (unpaired) electrons. The van der Waals surface area contributed by atoms with Gasteiger partial charge in [-0.15, -0.1) is 0 Å². The number of unbranched alkanes of at least 4 members (excludes halogenated alkanes) is 2. The van der Waals surface area contributed by atoms with Crippen molar-refractivity contribution in [2.75, 3.05) is 26.2 Å². The van der Waals surface area contributed by atoms with Gasteiger partial charge in [-0.1, -0.05) is 38.3 Å². The Morgan fingerprint density at radius 3 is 2.56 bits per heavy atom. The Labute approximate surface area is 146 Å². The standard InChI is InChI=1S/C18H26F4N2O/c1-2-3-4-8-16(24-11-9-23-10-12-24)14-6-5-7-15(13-14)25-18(21,22)17(19)20/h5-7,13,16-17,23H,2-4,8-12H2,1H3/t16-/m0/s1. The highest BCUT2D eigenvalue weighted by atomic mass is 19.3. The van der Waals surface area contributed by atoms with E-state index in [4.69, 9.17) is 0 Å². The molecule has 0 unspecified atom stereocenters. The van der Waals surface area contributed by atoms with E-state index in [0.717, 1.165) is 57.4 Å². The molecule has 3 nitrogen and oxygen atoms in total. The normalized spacial score (nSPS) is 17.7. The van der Waals surface area contributed by atoms with E-state index in [1.165, 1.54) is 12.1 Å². The molecule has 1 heterocycles. The number of benzene rings is 1. The van der Waals surface area contributed by atoms with E-state index in [1.54, 1.807) is 6.07 Å². The lowest BCUT2D eigenvalue weighted by Gasteiger charge is -2.35. The van der Waals surface area contributed by atoms with Gasteiger partial charge >= 0.3 is 12.5 Å². The lowest BCUT2D eigenvalue weighted by Crippen LogP contribution is -2.45. The quantitative estimate of drug-likeness (QED) is 0.519. The van der Waals surface area contributed by atoms with E-state index in [1.807, 2.05) is 6.07 Å². The third-order valence-electron chi connectivity index (χ3n) is 4.42. The third-order valence-corrected chi connectivity index (χ3v) is 4.42. The Balaban J connectivity index is 2.16. The first-order chi connectivity index (χ1) is 11.9. The summed E-state index contributed by atoms with van der Waals surface area (Å²) >= 11 is 0. The molecule has 0 saturated carbocycles. The number of rotatable bonds is 9. The Hall–Kier alpha value is -1.34. The van der Waals surface area contributed by atoms with Gasteiger partial charge in [0.1, 0.15) is 5.75 Å². The molecule has 1 saturated heterocycles. The van der Waals surface area contributed by atoms with Crippen molar-refractivity contribution in [3.63, 3.8) is 0 Å². The zero-order valence-corrected chi connectivity index (χ0v) is 14.5. The van der Waals surface area contributed by atoms with Crippen LogP contribution in [0.5, 0.6) is 5.75 Å². The van der Waals surface area contributed by atoms with Crippen LogP contribution in [-0.2, 0) is 0 Å². The SMILES string of the molecule is CCCCC[C@@H](c1cccc(OC(F)(F)C(F)F)c1)N1CCNCC1. The number of alkyl halides is 4. The Morgan fingerprint density at radius 1 is 1.20 bits per heavy atom. The average Bonchev–Trinajstić information content (AvgIpc) is 2.59. The van der Waals surface area contributed by atoms with Crippen molar-refractivity contribution >= 4 is 0 Å². The van der Waals surface area contributed by atoms with Crippen LogP contribution in [0.3, 0.4) is 0 Å². The van der Waals surface area contributed by atoms with Gasteiger partial charge in [-0.25, -0.2) is 0 Å². The maximum atomic E-state index is 13.2. The third kappa shape index (κ3) is 5.85. The van der Waals surface area contributed by atoms with E-state index in [2.05, 4.69) is 21.9 Å². The summed E-state index contributed by atoms with van der Waals surface area (Å²) in [5, 5.41) is 3.29. The molecule has 7 heteroatoms. The molecule has 1 aliphatic rings. The van der Waals surface area contributed by atoms with E-state index < -0.39 is 12.5 Å². The molecule has 142 valence electrons. The van der Waals surface area contributed by atoms with Crippen LogP contribution >= 0.6 is 0 Å². The van der Waals surface area contributed by atoms with Crippen molar-refractivity contribution in [1.82, 2.24) is 10.2 Å². The molecule has 0 aromatic heterocycles. The van der Waals surface area contributed by atoms with Crippen molar-refractivity contribution in [1.29, 1.82) is 0 Å². The second-order valence-corrected chi connectivity index (χ2v) is 6.33. The fourth-order valence-corrected chi connectivity index (χ4v) is 3.13. The lowest BCUT2D eigenvalue weighted by atomic mass is 9.98. The topological polar surface area (TPSA) is 24.5 Å². The molecule has 1 aromatic carbocycles.